The lowest BCUT2D eigenvalue weighted by atomic mass is 10.2. The van der Waals surface area contributed by atoms with E-state index in [0.29, 0.717) is 29.5 Å². The monoisotopic (exact) mass is 334 g/mol. The Bertz CT molecular complexity index is 762. The van der Waals surface area contributed by atoms with Crippen molar-refractivity contribution < 1.29 is 18.4 Å². The van der Waals surface area contributed by atoms with Gasteiger partial charge in [0, 0.05) is 25.2 Å². The van der Waals surface area contributed by atoms with Crippen LogP contribution < -0.4 is 10.1 Å². The zero-order valence-electron chi connectivity index (χ0n) is 13.8. The Balaban J connectivity index is 1.78. The van der Waals surface area contributed by atoms with Gasteiger partial charge in [-0.25, -0.2) is 9.18 Å². The minimum atomic E-state index is -0.523. The Labute approximate surface area is 138 Å². The first-order chi connectivity index (χ1) is 11.5. The predicted molar refractivity (Wildman–Crippen MR) is 84.4 cm³/mol. The second kappa shape index (κ2) is 6.46. The number of carbonyl (C=O) groups is 1. The molecule has 8 heteroatoms. The number of rotatable bonds is 3. The van der Waals surface area contributed by atoms with Crippen LogP contribution in [0.15, 0.2) is 16.7 Å². The maximum absolute atomic E-state index is 13.9. The highest BCUT2D eigenvalue weighted by molar-refractivity contribution is 5.90. The number of urea groups is 1. The van der Waals surface area contributed by atoms with Gasteiger partial charge < -0.3 is 19.5 Å². The van der Waals surface area contributed by atoms with Crippen LogP contribution in [-0.4, -0.2) is 34.7 Å². The number of likely N-dealkylation sites (tertiary alicyclic amines) is 1. The van der Waals surface area contributed by atoms with E-state index < -0.39 is 5.82 Å². The highest BCUT2D eigenvalue weighted by Crippen LogP contribution is 2.31. The van der Waals surface area contributed by atoms with Gasteiger partial charge in [-0.3, -0.25) is 0 Å². The van der Waals surface area contributed by atoms with Crippen LogP contribution in [-0.2, 0) is 0 Å². The average Bonchev–Trinajstić information content (AvgIpc) is 3.18. The number of nitrogens with one attached hydrogen (secondary N) is 1. The first kappa shape index (κ1) is 16.2. The number of anilines is 1. The average molecular weight is 334 g/mol. The number of nitrogens with zero attached hydrogens (tertiary/aromatic N) is 3. The predicted octanol–water partition coefficient (Wildman–Crippen LogP) is 3.20. The van der Waals surface area contributed by atoms with Crippen molar-refractivity contribution >= 4 is 11.7 Å². The lowest BCUT2D eigenvalue weighted by Crippen LogP contribution is -2.35. The van der Waals surface area contributed by atoms with Crippen LogP contribution in [0.1, 0.15) is 36.2 Å². The largest absolute Gasteiger partial charge is 0.494 e. The minimum Gasteiger partial charge on any atom is -0.494 e. The van der Waals surface area contributed by atoms with Crippen molar-refractivity contribution in [2.45, 2.75) is 32.7 Å². The third-order valence-electron chi connectivity index (χ3n) is 4.10. The fraction of sp³-hybridized carbons (Fsp3) is 0.438. The molecule has 1 aromatic carbocycles. The Kier molecular flexibility index (Phi) is 4.37. The van der Waals surface area contributed by atoms with E-state index in [-0.39, 0.29) is 17.8 Å². The number of hydrogen-bond acceptors (Lipinski definition) is 5. The quantitative estimate of drug-likeness (QED) is 0.932. The Hall–Kier alpha value is -2.64. The molecule has 128 valence electrons. The summed E-state index contributed by atoms with van der Waals surface area (Å²) >= 11 is 0. The van der Waals surface area contributed by atoms with E-state index in [9.17, 15) is 9.18 Å². The topological polar surface area (TPSA) is 80.5 Å². The molecular weight excluding hydrogens is 315 g/mol. The van der Waals surface area contributed by atoms with Crippen LogP contribution >= 0.6 is 0 Å². The van der Waals surface area contributed by atoms with E-state index in [1.807, 2.05) is 0 Å². The number of benzene rings is 1. The smallest absolute Gasteiger partial charge is 0.322 e. The fourth-order valence-electron chi connectivity index (χ4n) is 2.86. The van der Waals surface area contributed by atoms with E-state index >= 15 is 0 Å². The van der Waals surface area contributed by atoms with Crippen LogP contribution in [0.25, 0.3) is 0 Å². The molecule has 1 aliphatic rings. The number of amides is 2. The van der Waals surface area contributed by atoms with Crippen LogP contribution in [0.4, 0.5) is 14.9 Å². The van der Waals surface area contributed by atoms with Gasteiger partial charge in [-0.15, -0.1) is 0 Å². The van der Waals surface area contributed by atoms with Gasteiger partial charge in [-0.1, -0.05) is 5.16 Å². The van der Waals surface area contributed by atoms with E-state index in [2.05, 4.69) is 15.5 Å². The maximum Gasteiger partial charge on any atom is 0.322 e. The van der Waals surface area contributed by atoms with Crippen molar-refractivity contribution in [2.24, 2.45) is 0 Å². The number of carbonyl (C=O) groups excluding carboxylic acids is 1. The maximum atomic E-state index is 13.9. The van der Waals surface area contributed by atoms with Crippen molar-refractivity contribution in [3.63, 3.8) is 0 Å². The van der Waals surface area contributed by atoms with Gasteiger partial charge in [0.15, 0.2) is 17.4 Å². The number of ether oxygens (including phenoxy) is 1. The Morgan fingerprint density at radius 3 is 2.92 bits per heavy atom. The first-order valence-electron chi connectivity index (χ1n) is 7.71. The second-order valence-electron chi connectivity index (χ2n) is 5.75. The van der Waals surface area contributed by atoms with E-state index in [1.165, 1.54) is 13.2 Å². The van der Waals surface area contributed by atoms with Crippen LogP contribution in [0.3, 0.4) is 0 Å². The molecule has 1 saturated heterocycles. The molecule has 2 aromatic rings. The highest BCUT2D eigenvalue weighted by atomic mass is 19.1. The standard InChI is InChI=1S/C16H19FN4O3/c1-9-7-14(23-3)11(17)8-12(9)19-16(22)21-6-4-5-13(21)15-18-10(2)24-20-15/h7-8,13H,4-6H2,1-3H3,(H,19,22)/t13-/m0/s1. The van der Waals surface area contributed by atoms with Crippen molar-refractivity contribution in [2.75, 3.05) is 19.0 Å². The van der Waals surface area contributed by atoms with Crippen LogP contribution in [0.5, 0.6) is 5.75 Å². The molecule has 1 atom stereocenters. The third-order valence-corrected chi connectivity index (χ3v) is 4.10. The molecule has 24 heavy (non-hydrogen) atoms. The molecule has 7 nitrogen and oxygen atoms in total. The Morgan fingerprint density at radius 1 is 1.46 bits per heavy atom. The van der Waals surface area contributed by atoms with E-state index in [0.717, 1.165) is 12.8 Å². The molecule has 0 saturated carbocycles. The first-order valence-corrected chi connectivity index (χ1v) is 7.71. The summed E-state index contributed by atoms with van der Waals surface area (Å²) in [7, 11) is 1.40. The van der Waals surface area contributed by atoms with Gasteiger partial charge in [0.25, 0.3) is 0 Å². The van der Waals surface area contributed by atoms with Gasteiger partial charge in [-0.2, -0.15) is 4.98 Å². The van der Waals surface area contributed by atoms with Gasteiger partial charge >= 0.3 is 6.03 Å². The molecule has 1 aliphatic heterocycles. The van der Waals surface area contributed by atoms with Crippen molar-refractivity contribution in [1.29, 1.82) is 0 Å². The summed E-state index contributed by atoms with van der Waals surface area (Å²) in [4.78, 5) is 18.5. The van der Waals surface area contributed by atoms with Gasteiger partial charge in [0.05, 0.1) is 13.2 Å². The summed E-state index contributed by atoms with van der Waals surface area (Å²) in [6.07, 6.45) is 1.62. The lowest BCUT2D eigenvalue weighted by molar-refractivity contribution is 0.204. The molecule has 0 bridgehead atoms. The summed E-state index contributed by atoms with van der Waals surface area (Å²) in [5.74, 6) is 0.583. The molecule has 0 spiro atoms. The SMILES string of the molecule is COc1cc(C)c(NC(=O)N2CCC[C@H]2c2noc(C)n2)cc1F. The zero-order valence-corrected chi connectivity index (χ0v) is 13.8. The molecule has 0 unspecified atom stereocenters. The number of aromatic nitrogens is 2. The highest BCUT2D eigenvalue weighted by Gasteiger charge is 2.33. The molecule has 1 aromatic heterocycles. The number of hydrogen-bond donors (Lipinski definition) is 1. The van der Waals surface area contributed by atoms with Crippen LogP contribution in [0, 0.1) is 19.7 Å². The van der Waals surface area contributed by atoms with E-state index in [4.69, 9.17) is 9.26 Å². The molecule has 1 N–H and O–H groups in total. The number of halogens is 1. The van der Waals surface area contributed by atoms with Gasteiger partial charge in [0.2, 0.25) is 5.89 Å². The van der Waals surface area contributed by atoms with Crippen molar-refractivity contribution in [3.8, 4) is 5.75 Å². The number of aryl methyl sites for hydroxylation is 2. The van der Waals surface area contributed by atoms with Gasteiger partial charge in [-0.05, 0) is 31.4 Å². The second-order valence-corrected chi connectivity index (χ2v) is 5.75. The molecule has 3 rings (SSSR count). The van der Waals surface area contributed by atoms with Gasteiger partial charge in [0.1, 0.15) is 0 Å². The summed E-state index contributed by atoms with van der Waals surface area (Å²) in [6.45, 7) is 4.07. The zero-order chi connectivity index (χ0) is 17.3. The van der Waals surface area contributed by atoms with Crippen molar-refractivity contribution in [1.82, 2.24) is 15.0 Å². The summed E-state index contributed by atoms with van der Waals surface area (Å²) < 4.78 is 23.8. The molecular formula is C16H19FN4O3. The van der Waals surface area contributed by atoms with Crippen molar-refractivity contribution in [3.05, 3.63) is 35.2 Å². The summed E-state index contributed by atoms with van der Waals surface area (Å²) in [5, 5.41) is 6.66. The molecule has 0 aliphatic carbocycles. The van der Waals surface area contributed by atoms with E-state index in [1.54, 1.807) is 24.8 Å². The molecule has 2 amide bonds. The molecule has 2 heterocycles. The minimum absolute atomic E-state index is 0.145. The summed E-state index contributed by atoms with van der Waals surface area (Å²) in [5.41, 5.74) is 1.13. The third kappa shape index (κ3) is 3.04. The summed E-state index contributed by atoms with van der Waals surface area (Å²) in [6, 6.07) is 2.27. The number of methoxy groups -OCH3 is 1. The fourth-order valence-corrected chi connectivity index (χ4v) is 2.86. The molecule has 0 radical (unpaired) electrons. The molecule has 1 fully saturated rings. The van der Waals surface area contributed by atoms with Crippen LogP contribution in [0.2, 0.25) is 0 Å². The normalized spacial score (nSPS) is 17.2. The Morgan fingerprint density at radius 2 is 2.25 bits per heavy atom. The lowest BCUT2D eigenvalue weighted by Gasteiger charge is -2.23.